The summed E-state index contributed by atoms with van der Waals surface area (Å²) in [5.41, 5.74) is 30.0. The highest BCUT2D eigenvalue weighted by atomic mass is 15.2. The zero-order valence-corrected chi connectivity index (χ0v) is 47.9. The van der Waals surface area contributed by atoms with Gasteiger partial charge in [0.25, 0.3) is 6.71 Å². The second-order valence-electron chi connectivity index (χ2n) is 28.0. The fourth-order valence-corrected chi connectivity index (χ4v) is 15.2. The highest BCUT2D eigenvalue weighted by molar-refractivity contribution is 7.00. The Morgan fingerprint density at radius 1 is 0.421 bits per heavy atom. The largest absolute Gasteiger partial charge is 0.311 e. The van der Waals surface area contributed by atoms with Crippen LogP contribution in [-0.4, -0.2) is 6.71 Å². The molecule has 0 radical (unpaired) electrons. The lowest BCUT2D eigenvalue weighted by molar-refractivity contribution is 0.332. The molecule has 0 atom stereocenters. The van der Waals surface area contributed by atoms with Crippen LogP contribution in [0.3, 0.4) is 0 Å². The number of rotatable bonds is 5. The number of hydrogen-bond donors (Lipinski definition) is 0. The maximum Gasteiger partial charge on any atom is 0.252 e. The van der Waals surface area contributed by atoms with E-state index in [1.54, 1.807) is 0 Å². The third kappa shape index (κ3) is 7.26. The Bertz CT molecular complexity index is 3650. The van der Waals surface area contributed by atoms with E-state index in [4.69, 9.17) is 0 Å². The number of fused-ring (bicyclic) bond motifs is 9. The summed E-state index contributed by atoms with van der Waals surface area (Å²) in [6, 6.07) is 62.4. The van der Waals surface area contributed by atoms with Gasteiger partial charge in [0.1, 0.15) is 0 Å². The molecule has 5 aliphatic rings. The Morgan fingerprint density at radius 2 is 0.947 bits per heavy atom. The van der Waals surface area contributed by atoms with E-state index in [2.05, 4.69) is 264 Å². The van der Waals surface area contributed by atoms with Crippen LogP contribution in [0.1, 0.15) is 183 Å². The molecule has 2 nitrogen and oxygen atoms in total. The molecule has 0 bridgehead atoms. The molecule has 8 aromatic carbocycles. The summed E-state index contributed by atoms with van der Waals surface area (Å²) in [4.78, 5) is 5.43. The molecule has 0 fully saturated rings. The van der Waals surface area contributed by atoms with Crippen LogP contribution in [0.25, 0.3) is 11.1 Å². The average molecular weight is 993 g/mol. The van der Waals surface area contributed by atoms with Gasteiger partial charge in [0.15, 0.2) is 0 Å². The quantitative estimate of drug-likeness (QED) is 0.125. The van der Waals surface area contributed by atoms with Gasteiger partial charge in [-0.05, 0) is 197 Å². The Balaban J connectivity index is 1.15. The van der Waals surface area contributed by atoms with Crippen molar-refractivity contribution in [3.63, 3.8) is 0 Å². The summed E-state index contributed by atoms with van der Waals surface area (Å²) in [6.45, 7) is 34.3. The normalized spacial score (nSPS) is 18.5. The van der Waals surface area contributed by atoms with Crippen LogP contribution in [0, 0.1) is 6.92 Å². The van der Waals surface area contributed by atoms with E-state index in [1.165, 1.54) is 149 Å². The lowest BCUT2D eigenvalue weighted by atomic mass is 9.33. The van der Waals surface area contributed by atoms with Gasteiger partial charge in [-0.15, -0.1) is 0 Å². The van der Waals surface area contributed by atoms with Crippen molar-refractivity contribution in [2.75, 3.05) is 9.80 Å². The van der Waals surface area contributed by atoms with Gasteiger partial charge in [-0.2, -0.15) is 0 Å². The van der Waals surface area contributed by atoms with Crippen molar-refractivity contribution in [3.05, 3.63) is 219 Å². The number of benzene rings is 8. The molecule has 382 valence electrons. The minimum Gasteiger partial charge on any atom is -0.311 e. The van der Waals surface area contributed by atoms with Crippen LogP contribution >= 0.6 is 0 Å². The lowest BCUT2D eigenvalue weighted by Gasteiger charge is -2.48. The summed E-state index contributed by atoms with van der Waals surface area (Å²) in [5.74, 6) is 0.0456. The number of anilines is 6. The van der Waals surface area contributed by atoms with E-state index < -0.39 is 0 Å². The monoisotopic (exact) mass is 993 g/mol. The predicted molar refractivity (Wildman–Crippen MR) is 326 cm³/mol. The minimum absolute atomic E-state index is 0.000589. The molecule has 2 heterocycles. The third-order valence-electron chi connectivity index (χ3n) is 19.6. The smallest absolute Gasteiger partial charge is 0.252 e. The van der Waals surface area contributed by atoms with Gasteiger partial charge in [-0.25, -0.2) is 0 Å². The Labute approximate surface area is 455 Å². The van der Waals surface area contributed by atoms with Gasteiger partial charge in [-0.3, -0.25) is 0 Å². The topological polar surface area (TPSA) is 6.48 Å². The second-order valence-corrected chi connectivity index (χ2v) is 28.0. The van der Waals surface area contributed by atoms with Crippen LogP contribution in [0.5, 0.6) is 0 Å². The van der Waals surface area contributed by atoms with Crippen LogP contribution in [-0.2, 0) is 32.5 Å². The first-order valence-corrected chi connectivity index (χ1v) is 28.6. The van der Waals surface area contributed by atoms with Crippen LogP contribution in [0.4, 0.5) is 34.1 Å². The molecule has 2 aliphatic heterocycles. The summed E-state index contributed by atoms with van der Waals surface area (Å²) in [6.07, 6.45) is 4.70. The molecule has 0 spiro atoms. The Hall–Kier alpha value is -6.58. The third-order valence-corrected chi connectivity index (χ3v) is 19.6. The highest BCUT2D eigenvalue weighted by Gasteiger charge is 2.48. The van der Waals surface area contributed by atoms with E-state index in [9.17, 15) is 0 Å². The second kappa shape index (κ2) is 16.5. The van der Waals surface area contributed by atoms with Gasteiger partial charge in [0.05, 0.1) is 0 Å². The number of aryl methyl sites for hydroxylation is 1. The van der Waals surface area contributed by atoms with Crippen molar-refractivity contribution in [2.24, 2.45) is 0 Å². The summed E-state index contributed by atoms with van der Waals surface area (Å²) in [7, 11) is 0. The van der Waals surface area contributed by atoms with Gasteiger partial charge >= 0.3 is 0 Å². The number of nitrogens with zero attached hydrogens (tertiary/aromatic N) is 2. The SMILES string of the molecule is Cc1cc2c3c(c1)N(c1ccc4c(c1)C(C)(C)CCC4(C)C)c1cc4c(cc1B3c1ccc(C(c3ccccc3)c3ccccc3)cc1N2c1cc2c(c(C(C)(C)C)c1)C(C)(C)c1ccccc1-2)C(C)(C)CCC4(C)C. The van der Waals surface area contributed by atoms with E-state index in [-0.39, 0.29) is 45.1 Å². The van der Waals surface area contributed by atoms with Crippen molar-refractivity contribution >= 4 is 57.2 Å². The molecule has 0 saturated carbocycles. The van der Waals surface area contributed by atoms with E-state index >= 15 is 0 Å². The van der Waals surface area contributed by atoms with Gasteiger partial charge in [0, 0.05) is 45.5 Å². The molecule has 0 unspecified atom stereocenters. The molecule has 8 aromatic rings. The van der Waals surface area contributed by atoms with Crippen molar-refractivity contribution in [1.82, 2.24) is 0 Å². The molecule has 3 heteroatoms. The standard InChI is InChI=1S/C73H77BN2/c1-45-37-63-67-64(38-45)76(50-40-52-51-27-21-22-28-53(51)73(13,14)66(52)58(42-50)68(2,3)4)61-39-48(65(46-23-17-15-18-24-46)47-25-19-16-20-26-47)29-32-59(61)74(67)60-43-56-57(72(11,12)36-35-71(56,9)10)44-62(60)75(63)49-30-31-54-55(41-49)70(7,8)34-33-69(54,5)6/h15-32,37-44,65H,33-36H2,1-14H3. The maximum absolute atomic E-state index is 2.72. The molecule has 76 heavy (non-hydrogen) atoms. The van der Waals surface area contributed by atoms with Crippen LogP contribution in [0.15, 0.2) is 158 Å². The van der Waals surface area contributed by atoms with Crippen molar-refractivity contribution in [2.45, 2.75) is 161 Å². The average Bonchev–Trinajstić information content (AvgIpc) is 3.81. The fraction of sp³-hybridized carbons (Fsp3) is 0.342. The first-order chi connectivity index (χ1) is 36.0. The Kier molecular flexibility index (Phi) is 10.6. The lowest BCUT2D eigenvalue weighted by Crippen LogP contribution is -2.62. The zero-order chi connectivity index (χ0) is 53.2. The molecule has 0 aromatic heterocycles. The molecule has 13 rings (SSSR count). The maximum atomic E-state index is 2.72. The van der Waals surface area contributed by atoms with E-state index in [0.717, 1.165) is 0 Å². The van der Waals surface area contributed by atoms with Crippen molar-refractivity contribution < 1.29 is 0 Å². The first-order valence-electron chi connectivity index (χ1n) is 28.6. The molecule has 0 N–H and O–H groups in total. The van der Waals surface area contributed by atoms with Gasteiger partial charge in [-0.1, -0.05) is 199 Å². The molecule has 0 saturated heterocycles. The van der Waals surface area contributed by atoms with Gasteiger partial charge < -0.3 is 9.80 Å². The Morgan fingerprint density at radius 3 is 1.55 bits per heavy atom. The molecular formula is C73H77BN2. The van der Waals surface area contributed by atoms with E-state index in [1.807, 2.05) is 0 Å². The summed E-state index contributed by atoms with van der Waals surface area (Å²) in [5, 5.41) is 0. The zero-order valence-electron chi connectivity index (χ0n) is 47.9. The predicted octanol–water partition coefficient (Wildman–Crippen LogP) is 17.6. The minimum atomic E-state index is -0.142. The number of hydrogen-bond acceptors (Lipinski definition) is 2. The van der Waals surface area contributed by atoms with Gasteiger partial charge in [0.2, 0.25) is 0 Å². The van der Waals surface area contributed by atoms with Crippen LogP contribution in [0.2, 0.25) is 0 Å². The fourth-order valence-electron chi connectivity index (χ4n) is 15.2. The van der Waals surface area contributed by atoms with Crippen molar-refractivity contribution in [1.29, 1.82) is 0 Å². The first kappa shape index (κ1) is 49.0. The molecule has 3 aliphatic carbocycles. The van der Waals surface area contributed by atoms with Crippen molar-refractivity contribution in [3.8, 4) is 11.1 Å². The van der Waals surface area contributed by atoms with E-state index in [0.29, 0.717) is 0 Å². The highest BCUT2D eigenvalue weighted by Crippen LogP contribution is 2.57. The molecular weight excluding hydrogens is 916 g/mol. The summed E-state index contributed by atoms with van der Waals surface area (Å²) < 4.78 is 0. The molecule has 0 amide bonds. The van der Waals surface area contributed by atoms with Crippen LogP contribution < -0.4 is 26.2 Å². The summed E-state index contributed by atoms with van der Waals surface area (Å²) >= 11 is 0.